The van der Waals surface area contributed by atoms with E-state index in [1.54, 1.807) is 42.5 Å². The molecule has 1 aliphatic heterocycles. The second-order valence-electron chi connectivity index (χ2n) is 8.64. The standard InChI is InChI=1S/C26H26FN3O5S/c1-17-25(24(35-29-17)14-11-20-6-3-4-8-23(20)27)36(33,34)30-15-5-7-21(16-30)26(32)28-22-12-9-19(10-13-22)18(2)31/h3-4,6,8-14,21H,5,7,15-16H2,1-2H3,(H,28,32)/b14-11+/t21-/m0/s1. The molecule has 36 heavy (non-hydrogen) atoms. The topological polar surface area (TPSA) is 110 Å². The van der Waals surface area contributed by atoms with Crippen LogP contribution in [0.1, 0.15) is 47.1 Å². The number of nitrogens with zero attached hydrogens (tertiary/aromatic N) is 2. The average molecular weight is 512 g/mol. The lowest BCUT2D eigenvalue weighted by atomic mass is 9.98. The van der Waals surface area contributed by atoms with Gasteiger partial charge in [-0.3, -0.25) is 9.59 Å². The van der Waals surface area contributed by atoms with E-state index >= 15 is 0 Å². The number of amides is 1. The lowest BCUT2D eigenvalue weighted by Gasteiger charge is -2.31. The van der Waals surface area contributed by atoms with Crippen LogP contribution in [0, 0.1) is 18.7 Å². The molecule has 0 radical (unpaired) electrons. The van der Waals surface area contributed by atoms with Gasteiger partial charge in [-0.1, -0.05) is 23.4 Å². The highest BCUT2D eigenvalue weighted by molar-refractivity contribution is 7.89. The van der Waals surface area contributed by atoms with Gasteiger partial charge >= 0.3 is 0 Å². The molecule has 0 unspecified atom stereocenters. The van der Waals surface area contributed by atoms with Crippen LogP contribution in [0.2, 0.25) is 0 Å². The van der Waals surface area contributed by atoms with Crippen molar-refractivity contribution >= 4 is 39.6 Å². The average Bonchev–Trinajstić information content (AvgIpc) is 3.25. The molecule has 1 amide bonds. The number of ketones is 1. The Morgan fingerprint density at radius 3 is 2.56 bits per heavy atom. The van der Waals surface area contributed by atoms with Gasteiger partial charge in [0.05, 0.1) is 5.92 Å². The number of halogens is 1. The first-order chi connectivity index (χ1) is 17.2. The Hall–Kier alpha value is -3.63. The number of hydrogen-bond donors (Lipinski definition) is 1. The molecule has 1 aromatic heterocycles. The molecule has 1 saturated heterocycles. The number of carbonyl (C=O) groups excluding carboxylic acids is 2. The van der Waals surface area contributed by atoms with Crippen LogP contribution in [0.4, 0.5) is 10.1 Å². The van der Waals surface area contributed by atoms with Crippen LogP contribution < -0.4 is 5.32 Å². The largest absolute Gasteiger partial charge is 0.355 e. The summed E-state index contributed by atoms with van der Waals surface area (Å²) in [4.78, 5) is 24.2. The minimum atomic E-state index is -4.03. The van der Waals surface area contributed by atoms with E-state index in [2.05, 4.69) is 10.5 Å². The maximum absolute atomic E-state index is 14.0. The van der Waals surface area contributed by atoms with Crippen molar-refractivity contribution in [2.75, 3.05) is 18.4 Å². The van der Waals surface area contributed by atoms with E-state index in [9.17, 15) is 22.4 Å². The van der Waals surface area contributed by atoms with E-state index in [4.69, 9.17) is 4.52 Å². The summed E-state index contributed by atoms with van der Waals surface area (Å²) in [6.45, 7) is 3.24. The van der Waals surface area contributed by atoms with E-state index in [0.29, 0.717) is 24.1 Å². The second-order valence-corrected chi connectivity index (χ2v) is 10.5. The van der Waals surface area contributed by atoms with Crippen LogP contribution in [0.3, 0.4) is 0 Å². The van der Waals surface area contributed by atoms with Gasteiger partial charge in [-0.25, -0.2) is 12.8 Å². The van der Waals surface area contributed by atoms with Crippen molar-refractivity contribution in [2.24, 2.45) is 5.92 Å². The third kappa shape index (κ3) is 5.44. The normalized spacial score (nSPS) is 16.8. The number of sulfonamides is 1. The Balaban J connectivity index is 1.51. The Labute approximate surface area is 208 Å². The van der Waals surface area contributed by atoms with Gasteiger partial charge in [-0.15, -0.1) is 0 Å². The molecule has 0 saturated carbocycles. The fourth-order valence-corrected chi connectivity index (χ4v) is 5.88. The van der Waals surface area contributed by atoms with Crippen molar-refractivity contribution in [3.05, 3.63) is 76.9 Å². The van der Waals surface area contributed by atoms with Crippen molar-refractivity contribution in [1.82, 2.24) is 9.46 Å². The number of piperidine rings is 1. The highest BCUT2D eigenvalue weighted by atomic mass is 32.2. The van der Waals surface area contributed by atoms with Gasteiger partial charge in [-0.05, 0) is 69.2 Å². The predicted octanol–water partition coefficient (Wildman–Crippen LogP) is 4.53. The highest BCUT2D eigenvalue weighted by Gasteiger charge is 2.37. The quantitative estimate of drug-likeness (QED) is 0.467. The van der Waals surface area contributed by atoms with Crippen molar-refractivity contribution in [3.8, 4) is 0 Å². The van der Waals surface area contributed by atoms with Gasteiger partial charge in [0.2, 0.25) is 15.9 Å². The first-order valence-corrected chi connectivity index (χ1v) is 12.9. The number of aryl methyl sites for hydroxylation is 1. The number of benzene rings is 2. The molecule has 8 nitrogen and oxygen atoms in total. The summed E-state index contributed by atoms with van der Waals surface area (Å²) >= 11 is 0. The molecule has 2 aromatic carbocycles. The number of nitrogens with one attached hydrogen (secondary N) is 1. The molecule has 4 rings (SSSR count). The summed E-state index contributed by atoms with van der Waals surface area (Å²) in [5.74, 6) is -1.39. The molecule has 1 fully saturated rings. The van der Waals surface area contributed by atoms with Crippen LogP contribution in [-0.2, 0) is 14.8 Å². The van der Waals surface area contributed by atoms with Crippen LogP contribution in [0.15, 0.2) is 57.9 Å². The first-order valence-electron chi connectivity index (χ1n) is 11.5. The van der Waals surface area contributed by atoms with E-state index < -0.39 is 21.8 Å². The lowest BCUT2D eigenvalue weighted by Crippen LogP contribution is -2.43. The lowest BCUT2D eigenvalue weighted by molar-refractivity contribution is -0.120. The minimum absolute atomic E-state index is 0.000778. The van der Waals surface area contributed by atoms with Crippen molar-refractivity contribution in [1.29, 1.82) is 0 Å². The summed E-state index contributed by atoms with van der Waals surface area (Å²) in [5, 5.41) is 6.61. The van der Waals surface area contributed by atoms with E-state index in [1.807, 2.05) is 0 Å². The summed E-state index contributed by atoms with van der Waals surface area (Å²) in [5.41, 5.74) is 1.52. The summed E-state index contributed by atoms with van der Waals surface area (Å²) < 4.78 is 47.6. The van der Waals surface area contributed by atoms with Gasteiger partial charge in [0.25, 0.3) is 0 Å². The zero-order chi connectivity index (χ0) is 25.9. The maximum atomic E-state index is 14.0. The van der Waals surface area contributed by atoms with Crippen LogP contribution in [0.5, 0.6) is 0 Å². The molecular formula is C26H26FN3O5S. The van der Waals surface area contributed by atoms with E-state index in [1.165, 1.54) is 36.4 Å². The molecule has 0 aliphatic carbocycles. The van der Waals surface area contributed by atoms with Gasteiger partial charge in [-0.2, -0.15) is 4.31 Å². The highest BCUT2D eigenvalue weighted by Crippen LogP contribution is 2.30. The number of carbonyl (C=O) groups is 2. The summed E-state index contributed by atoms with van der Waals surface area (Å²) in [6.07, 6.45) is 3.85. The molecule has 1 aliphatic rings. The molecule has 0 bridgehead atoms. The maximum Gasteiger partial charge on any atom is 0.248 e. The Kier molecular flexibility index (Phi) is 7.46. The van der Waals surface area contributed by atoms with Crippen LogP contribution >= 0.6 is 0 Å². The predicted molar refractivity (Wildman–Crippen MR) is 133 cm³/mol. The molecule has 188 valence electrons. The molecule has 1 N–H and O–H groups in total. The zero-order valence-electron chi connectivity index (χ0n) is 19.9. The number of hydrogen-bond acceptors (Lipinski definition) is 6. The molecular weight excluding hydrogens is 485 g/mol. The Morgan fingerprint density at radius 1 is 1.14 bits per heavy atom. The fraction of sp³-hybridized carbons (Fsp3) is 0.269. The third-order valence-corrected chi connectivity index (χ3v) is 8.09. The Bertz CT molecular complexity index is 1410. The molecule has 0 spiro atoms. The summed E-state index contributed by atoms with van der Waals surface area (Å²) in [7, 11) is -4.03. The molecule has 10 heteroatoms. The van der Waals surface area contributed by atoms with Crippen molar-refractivity contribution in [3.63, 3.8) is 0 Å². The van der Waals surface area contributed by atoms with Crippen molar-refractivity contribution in [2.45, 2.75) is 31.6 Å². The smallest absolute Gasteiger partial charge is 0.248 e. The van der Waals surface area contributed by atoms with E-state index in [0.717, 1.165) is 0 Å². The van der Waals surface area contributed by atoms with Gasteiger partial charge in [0, 0.05) is 29.9 Å². The number of aromatic nitrogens is 1. The molecule has 1 atom stereocenters. The first kappa shape index (κ1) is 25.5. The second kappa shape index (κ2) is 10.5. The van der Waals surface area contributed by atoms with Gasteiger partial charge < -0.3 is 9.84 Å². The SMILES string of the molecule is CC(=O)c1ccc(NC(=O)[C@H]2CCCN(S(=O)(=O)c3c(C)noc3/C=C/c3ccccc3F)C2)cc1. The molecule has 2 heterocycles. The minimum Gasteiger partial charge on any atom is -0.355 e. The fourth-order valence-electron chi connectivity index (χ4n) is 4.11. The number of rotatable bonds is 7. The monoisotopic (exact) mass is 511 g/mol. The zero-order valence-corrected chi connectivity index (χ0v) is 20.7. The van der Waals surface area contributed by atoms with Gasteiger partial charge in [0.1, 0.15) is 11.5 Å². The summed E-state index contributed by atoms with van der Waals surface area (Å²) in [6, 6.07) is 12.6. The van der Waals surface area contributed by atoms with Crippen LogP contribution in [0.25, 0.3) is 12.2 Å². The molecule has 3 aromatic rings. The van der Waals surface area contributed by atoms with Gasteiger partial charge in [0.15, 0.2) is 16.4 Å². The number of anilines is 1. The van der Waals surface area contributed by atoms with Crippen LogP contribution in [-0.4, -0.2) is 42.7 Å². The number of Topliss-reactive ketones (excluding diaryl/α,β-unsaturated/α-hetero) is 1. The van der Waals surface area contributed by atoms with E-state index in [-0.39, 0.29) is 46.7 Å². The van der Waals surface area contributed by atoms with Crippen molar-refractivity contribution < 1.29 is 26.9 Å². The third-order valence-electron chi connectivity index (χ3n) is 6.06. The Morgan fingerprint density at radius 2 is 1.86 bits per heavy atom.